The van der Waals surface area contributed by atoms with Crippen molar-refractivity contribution >= 4 is 34.8 Å². The number of benzene rings is 2. The summed E-state index contributed by atoms with van der Waals surface area (Å²) >= 11 is 5.88. The average molecular weight is 359 g/mol. The molecular formula is C19H19ClN2O3. The summed E-state index contributed by atoms with van der Waals surface area (Å²) in [5.41, 5.74) is 1.44. The van der Waals surface area contributed by atoms with E-state index in [2.05, 4.69) is 5.32 Å². The Bertz CT molecular complexity index is 759. The zero-order valence-corrected chi connectivity index (χ0v) is 14.6. The molecule has 1 atom stereocenters. The van der Waals surface area contributed by atoms with Gasteiger partial charge in [-0.25, -0.2) is 0 Å². The van der Waals surface area contributed by atoms with Gasteiger partial charge in [0.1, 0.15) is 5.75 Å². The summed E-state index contributed by atoms with van der Waals surface area (Å²) in [6, 6.07) is 14.2. The van der Waals surface area contributed by atoms with Gasteiger partial charge in [-0.3, -0.25) is 9.59 Å². The lowest BCUT2D eigenvalue weighted by Gasteiger charge is -2.16. The highest BCUT2D eigenvalue weighted by atomic mass is 35.5. The molecule has 6 heteroatoms. The Morgan fingerprint density at radius 3 is 2.52 bits per heavy atom. The molecule has 0 saturated carbocycles. The lowest BCUT2D eigenvalue weighted by Crippen LogP contribution is -2.28. The predicted molar refractivity (Wildman–Crippen MR) is 98.2 cm³/mol. The van der Waals surface area contributed by atoms with Crippen LogP contribution in [0, 0.1) is 5.92 Å². The first-order valence-electron chi connectivity index (χ1n) is 8.16. The third-order valence-corrected chi connectivity index (χ3v) is 4.32. The van der Waals surface area contributed by atoms with E-state index >= 15 is 0 Å². The van der Waals surface area contributed by atoms with E-state index in [1.807, 2.05) is 6.92 Å². The smallest absolute Gasteiger partial charge is 0.229 e. The van der Waals surface area contributed by atoms with Crippen LogP contribution >= 0.6 is 11.6 Å². The maximum absolute atomic E-state index is 12.5. The number of nitrogens with zero attached hydrogens (tertiary/aromatic N) is 1. The predicted octanol–water partition coefficient (Wildman–Crippen LogP) is 3.73. The highest BCUT2D eigenvalue weighted by molar-refractivity contribution is 6.30. The van der Waals surface area contributed by atoms with Crippen molar-refractivity contribution in [3.8, 4) is 5.75 Å². The van der Waals surface area contributed by atoms with Crippen LogP contribution in [0.4, 0.5) is 11.4 Å². The van der Waals surface area contributed by atoms with E-state index in [-0.39, 0.29) is 24.2 Å². The molecule has 25 heavy (non-hydrogen) atoms. The van der Waals surface area contributed by atoms with Crippen molar-refractivity contribution in [1.29, 1.82) is 0 Å². The summed E-state index contributed by atoms with van der Waals surface area (Å²) in [6.45, 7) is 2.87. The first kappa shape index (κ1) is 17.3. The minimum absolute atomic E-state index is 0.0610. The summed E-state index contributed by atoms with van der Waals surface area (Å²) in [6.07, 6.45) is 0.200. The third-order valence-electron chi connectivity index (χ3n) is 4.07. The quantitative estimate of drug-likeness (QED) is 0.886. The normalized spacial score (nSPS) is 16.8. The van der Waals surface area contributed by atoms with Crippen molar-refractivity contribution in [3.05, 3.63) is 53.6 Å². The number of carbonyl (C=O) groups excluding carboxylic acids is 2. The summed E-state index contributed by atoms with van der Waals surface area (Å²) in [5.74, 6) is 0.156. The molecule has 1 saturated heterocycles. The number of rotatable bonds is 5. The lowest BCUT2D eigenvalue weighted by molar-refractivity contribution is -0.122. The second-order valence-electron chi connectivity index (χ2n) is 5.83. The fourth-order valence-electron chi connectivity index (χ4n) is 2.80. The summed E-state index contributed by atoms with van der Waals surface area (Å²) in [7, 11) is 0. The van der Waals surface area contributed by atoms with Crippen LogP contribution in [0.2, 0.25) is 5.02 Å². The first-order valence-corrected chi connectivity index (χ1v) is 8.54. The number of carbonyl (C=O) groups is 2. The van der Waals surface area contributed by atoms with E-state index in [9.17, 15) is 9.59 Å². The fraction of sp³-hybridized carbons (Fsp3) is 0.263. The average Bonchev–Trinajstić information content (AvgIpc) is 3.00. The highest BCUT2D eigenvalue weighted by Crippen LogP contribution is 2.27. The molecule has 0 aromatic heterocycles. The molecule has 2 amide bonds. The van der Waals surface area contributed by atoms with Gasteiger partial charge < -0.3 is 15.0 Å². The zero-order valence-electron chi connectivity index (χ0n) is 13.9. The minimum Gasteiger partial charge on any atom is -0.494 e. The number of hydrogen-bond donors (Lipinski definition) is 1. The molecular weight excluding hydrogens is 340 g/mol. The van der Waals surface area contributed by atoms with Crippen molar-refractivity contribution in [2.75, 3.05) is 23.4 Å². The van der Waals surface area contributed by atoms with Gasteiger partial charge in [-0.15, -0.1) is 0 Å². The first-order chi connectivity index (χ1) is 12.1. The molecule has 1 fully saturated rings. The van der Waals surface area contributed by atoms with Gasteiger partial charge in [0.25, 0.3) is 0 Å². The number of nitrogens with one attached hydrogen (secondary N) is 1. The maximum atomic E-state index is 12.5. The molecule has 0 spiro atoms. The van der Waals surface area contributed by atoms with Gasteiger partial charge in [0.2, 0.25) is 11.8 Å². The Kier molecular flexibility index (Phi) is 5.24. The van der Waals surface area contributed by atoms with E-state index in [1.165, 1.54) is 0 Å². The number of halogens is 1. The molecule has 3 rings (SSSR count). The van der Waals surface area contributed by atoms with E-state index < -0.39 is 0 Å². The molecule has 1 heterocycles. The van der Waals surface area contributed by atoms with Gasteiger partial charge in [0.05, 0.1) is 12.5 Å². The number of amides is 2. The summed E-state index contributed by atoms with van der Waals surface area (Å²) in [4.78, 5) is 26.3. The minimum atomic E-state index is -0.380. The van der Waals surface area contributed by atoms with Gasteiger partial charge in [0.15, 0.2) is 0 Å². The van der Waals surface area contributed by atoms with E-state index in [0.29, 0.717) is 23.9 Å². The number of ether oxygens (including phenoxy) is 1. The van der Waals surface area contributed by atoms with Crippen molar-refractivity contribution in [2.24, 2.45) is 5.92 Å². The molecule has 130 valence electrons. The maximum Gasteiger partial charge on any atom is 0.229 e. The summed E-state index contributed by atoms with van der Waals surface area (Å²) < 4.78 is 5.38. The van der Waals surface area contributed by atoms with Crippen LogP contribution in [-0.4, -0.2) is 25.0 Å². The molecule has 1 aliphatic heterocycles. The van der Waals surface area contributed by atoms with Gasteiger partial charge in [0, 0.05) is 29.4 Å². The van der Waals surface area contributed by atoms with Gasteiger partial charge in [-0.1, -0.05) is 11.6 Å². The molecule has 1 N–H and O–H groups in total. The molecule has 2 aromatic rings. The molecule has 1 aliphatic rings. The van der Waals surface area contributed by atoms with Crippen molar-refractivity contribution in [2.45, 2.75) is 13.3 Å². The van der Waals surface area contributed by atoms with Crippen LogP contribution in [0.3, 0.4) is 0 Å². The van der Waals surface area contributed by atoms with E-state index in [4.69, 9.17) is 16.3 Å². The number of anilines is 2. The van der Waals surface area contributed by atoms with Crippen LogP contribution < -0.4 is 15.0 Å². The van der Waals surface area contributed by atoms with Crippen LogP contribution in [0.25, 0.3) is 0 Å². The summed E-state index contributed by atoms with van der Waals surface area (Å²) in [5, 5.41) is 3.47. The molecule has 2 aromatic carbocycles. The van der Waals surface area contributed by atoms with Crippen LogP contribution in [0.15, 0.2) is 48.5 Å². The van der Waals surface area contributed by atoms with Crippen molar-refractivity contribution in [3.63, 3.8) is 0 Å². The second-order valence-corrected chi connectivity index (χ2v) is 6.26. The van der Waals surface area contributed by atoms with E-state index in [1.54, 1.807) is 53.4 Å². The van der Waals surface area contributed by atoms with Gasteiger partial charge in [-0.05, 0) is 55.5 Å². The van der Waals surface area contributed by atoms with Crippen LogP contribution in [-0.2, 0) is 9.59 Å². The molecule has 0 unspecified atom stereocenters. The largest absolute Gasteiger partial charge is 0.494 e. The lowest BCUT2D eigenvalue weighted by atomic mass is 10.1. The Morgan fingerprint density at radius 2 is 1.88 bits per heavy atom. The van der Waals surface area contributed by atoms with Gasteiger partial charge in [-0.2, -0.15) is 0 Å². The Balaban J connectivity index is 1.63. The number of hydrogen-bond acceptors (Lipinski definition) is 3. The molecule has 5 nitrogen and oxygen atoms in total. The molecule has 0 aliphatic carbocycles. The van der Waals surface area contributed by atoms with Gasteiger partial charge >= 0.3 is 0 Å². The Morgan fingerprint density at radius 1 is 1.20 bits per heavy atom. The Labute approximate surface area is 151 Å². The topological polar surface area (TPSA) is 58.6 Å². The zero-order chi connectivity index (χ0) is 17.8. The fourth-order valence-corrected chi connectivity index (χ4v) is 2.93. The molecule has 0 bridgehead atoms. The highest BCUT2D eigenvalue weighted by Gasteiger charge is 2.35. The standard InChI is InChI=1S/C19H19ClN2O3/c1-2-25-17-9-5-15(6-10-17)21-19(24)13-11-18(23)22(12-13)16-7-3-14(20)4-8-16/h3-10,13H,2,11-12H2,1H3,(H,21,24)/t13-/m0/s1. The van der Waals surface area contributed by atoms with E-state index in [0.717, 1.165) is 11.4 Å². The monoisotopic (exact) mass is 358 g/mol. The van der Waals surface area contributed by atoms with Crippen molar-refractivity contribution < 1.29 is 14.3 Å². The molecule has 0 radical (unpaired) electrons. The van der Waals surface area contributed by atoms with Crippen LogP contribution in [0.5, 0.6) is 5.75 Å². The van der Waals surface area contributed by atoms with Crippen LogP contribution in [0.1, 0.15) is 13.3 Å². The SMILES string of the molecule is CCOc1ccc(NC(=O)[C@H]2CC(=O)N(c3ccc(Cl)cc3)C2)cc1. The third kappa shape index (κ3) is 4.12. The Hall–Kier alpha value is -2.53. The van der Waals surface area contributed by atoms with Crippen molar-refractivity contribution in [1.82, 2.24) is 0 Å². The second kappa shape index (κ2) is 7.57.